The highest BCUT2D eigenvalue weighted by Crippen LogP contribution is 2.17. The normalized spacial score (nSPS) is 16.1. The fourth-order valence-electron chi connectivity index (χ4n) is 2.54. The molecular formula is C15H28N2O2S. The van der Waals surface area contributed by atoms with Gasteiger partial charge in [0.05, 0.1) is 12.3 Å². The fraction of sp³-hybridized carbons (Fsp3) is 0.867. The summed E-state index contributed by atoms with van der Waals surface area (Å²) < 4.78 is 0. The van der Waals surface area contributed by atoms with E-state index in [9.17, 15) is 9.59 Å². The summed E-state index contributed by atoms with van der Waals surface area (Å²) in [6.45, 7) is 1.25. The van der Waals surface area contributed by atoms with Gasteiger partial charge in [-0.3, -0.25) is 9.59 Å². The van der Waals surface area contributed by atoms with Gasteiger partial charge in [-0.1, -0.05) is 25.7 Å². The van der Waals surface area contributed by atoms with Crippen LogP contribution in [-0.2, 0) is 9.59 Å². The number of hydrogen-bond acceptors (Lipinski definition) is 4. The van der Waals surface area contributed by atoms with Gasteiger partial charge in [0.1, 0.15) is 0 Å². The van der Waals surface area contributed by atoms with Crippen LogP contribution in [0.5, 0.6) is 0 Å². The molecule has 116 valence electrons. The number of carbonyl (C=O) groups excluding carboxylic acids is 2. The molecule has 0 aliphatic heterocycles. The maximum absolute atomic E-state index is 11.7. The topological polar surface area (TPSA) is 58.2 Å². The van der Waals surface area contributed by atoms with Crippen LogP contribution < -0.4 is 10.6 Å². The van der Waals surface area contributed by atoms with Crippen LogP contribution in [0.25, 0.3) is 0 Å². The van der Waals surface area contributed by atoms with Crippen molar-refractivity contribution in [3.63, 3.8) is 0 Å². The Hall–Kier alpha value is -0.550. The van der Waals surface area contributed by atoms with Gasteiger partial charge in [0.2, 0.25) is 5.91 Å². The van der Waals surface area contributed by atoms with Crippen molar-refractivity contribution in [2.45, 2.75) is 63.8 Å². The molecule has 1 rings (SSSR count). The molecule has 1 aliphatic rings. The van der Waals surface area contributed by atoms with E-state index < -0.39 is 0 Å². The molecule has 5 heteroatoms. The molecule has 1 amide bonds. The third-order valence-electron chi connectivity index (χ3n) is 3.73. The smallest absolute Gasteiger partial charge is 0.220 e. The number of ketones is 1. The Kier molecular flexibility index (Phi) is 9.75. The zero-order valence-electron chi connectivity index (χ0n) is 12.3. The average Bonchev–Trinajstić information content (AvgIpc) is 2.47. The number of Topliss-reactive ketones (excluding diaryl/α,β-unsaturated/α-hetero) is 1. The van der Waals surface area contributed by atoms with Gasteiger partial charge < -0.3 is 10.6 Å². The Balaban J connectivity index is 1.90. The minimum atomic E-state index is 0.125. The summed E-state index contributed by atoms with van der Waals surface area (Å²) in [5.41, 5.74) is 0. The maximum Gasteiger partial charge on any atom is 0.220 e. The standard InChI is InChI=1S/C15H28N2O2S/c18-14(12-20)11-16-10-6-2-5-9-15(19)17-13-7-3-1-4-8-13/h13,16,20H,1-12H2,(H,17,19). The number of carbonyl (C=O) groups is 2. The first-order valence-electron chi connectivity index (χ1n) is 7.85. The summed E-state index contributed by atoms with van der Waals surface area (Å²) in [4.78, 5) is 22.7. The molecule has 0 aromatic heterocycles. The number of rotatable bonds is 10. The average molecular weight is 300 g/mol. The predicted octanol–water partition coefficient (Wildman–Crippen LogP) is 2.08. The SMILES string of the molecule is O=C(CS)CNCCCCCC(=O)NC1CCCCC1. The van der Waals surface area contributed by atoms with Crippen molar-refractivity contribution in [1.29, 1.82) is 0 Å². The van der Waals surface area contributed by atoms with Gasteiger partial charge in [0.15, 0.2) is 5.78 Å². The largest absolute Gasteiger partial charge is 0.353 e. The highest BCUT2D eigenvalue weighted by molar-refractivity contribution is 7.81. The molecule has 2 N–H and O–H groups in total. The molecule has 0 aromatic carbocycles. The van der Waals surface area contributed by atoms with Gasteiger partial charge in [-0.05, 0) is 32.2 Å². The second kappa shape index (κ2) is 11.1. The van der Waals surface area contributed by atoms with E-state index in [-0.39, 0.29) is 11.7 Å². The van der Waals surface area contributed by atoms with Crippen LogP contribution in [-0.4, -0.2) is 36.6 Å². The van der Waals surface area contributed by atoms with Crippen molar-refractivity contribution in [2.24, 2.45) is 0 Å². The van der Waals surface area contributed by atoms with Crippen LogP contribution in [0.15, 0.2) is 0 Å². The van der Waals surface area contributed by atoms with Gasteiger partial charge >= 0.3 is 0 Å². The van der Waals surface area contributed by atoms with Crippen molar-refractivity contribution in [3.8, 4) is 0 Å². The molecule has 0 atom stereocenters. The molecule has 4 nitrogen and oxygen atoms in total. The summed E-state index contributed by atoms with van der Waals surface area (Å²) in [5, 5.41) is 6.23. The van der Waals surface area contributed by atoms with Crippen LogP contribution in [0.2, 0.25) is 0 Å². The number of hydrogen-bond donors (Lipinski definition) is 3. The lowest BCUT2D eigenvalue weighted by atomic mass is 9.95. The lowest BCUT2D eigenvalue weighted by Gasteiger charge is -2.22. The summed E-state index contributed by atoms with van der Waals surface area (Å²) in [5.74, 6) is 0.629. The van der Waals surface area contributed by atoms with E-state index in [2.05, 4.69) is 23.3 Å². The van der Waals surface area contributed by atoms with E-state index in [4.69, 9.17) is 0 Å². The highest BCUT2D eigenvalue weighted by atomic mass is 32.1. The molecule has 0 radical (unpaired) electrons. The van der Waals surface area contributed by atoms with Crippen LogP contribution >= 0.6 is 12.6 Å². The highest BCUT2D eigenvalue weighted by Gasteiger charge is 2.14. The molecule has 1 aliphatic carbocycles. The minimum Gasteiger partial charge on any atom is -0.353 e. The Morgan fingerprint density at radius 2 is 1.80 bits per heavy atom. The van der Waals surface area contributed by atoms with E-state index in [0.29, 0.717) is 24.8 Å². The molecule has 0 spiro atoms. The zero-order valence-corrected chi connectivity index (χ0v) is 13.2. The lowest BCUT2D eigenvalue weighted by molar-refractivity contribution is -0.122. The van der Waals surface area contributed by atoms with Gasteiger partial charge in [-0.2, -0.15) is 12.6 Å². The molecule has 0 aromatic rings. The van der Waals surface area contributed by atoms with Gasteiger partial charge in [-0.25, -0.2) is 0 Å². The maximum atomic E-state index is 11.7. The van der Waals surface area contributed by atoms with Crippen molar-refractivity contribution in [1.82, 2.24) is 10.6 Å². The molecule has 1 fully saturated rings. The Bertz CT molecular complexity index is 292. The third kappa shape index (κ3) is 8.59. The second-order valence-electron chi connectivity index (χ2n) is 5.59. The van der Waals surface area contributed by atoms with Crippen molar-refractivity contribution in [3.05, 3.63) is 0 Å². The molecule has 20 heavy (non-hydrogen) atoms. The van der Waals surface area contributed by atoms with E-state index in [1.165, 1.54) is 19.3 Å². The molecule has 0 unspecified atom stereocenters. The minimum absolute atomic E-state index is 0.125. The fourth-order valence-corrected chi connectivity index (χ4v) is 2.65. The van der Waals surface area contributed by atoms with Gasteiger partial charge in [0, 0.05) is 12.5 Å². The van der Waals surface area contributed by atoms with Crippen molar-refractivity contribution < 1.29 is 9.59 Å². The summed E-state index contributed by atoms with van der Waals surface area (Å²) >= 11 is 3.92. The Morgan fingerprint density at radius 1 is 1.05 bits per heavy atom. The summed E-state index contributed by atoms with van der Waals surface area (Å²) in [6.07, 6.45) is 9.71. The van der Waals surface area contributed by atoms with Crippen molar-refractivity contribution in [2.75, 3.05) is 18.8 Å². The molecule has 0 bridgehead atoms. The quantitative estimate of drug-likeness (QED) is 0.428. The number of nitrogens with one attached hydrogen (secondary N) is 2. The third-order valence-corrected chi connectivity index (χ3v) is 4.08. The first kappa shape index (κ1) is 17.5. The molecule has 0 heterocycles. The van der Waals surface area contributed by atoms with E-state index in [1.807, 2.05) is 0 Å². The second-order valence-corrected chi connectivity index (χ2v) is 5.90. The van der Waals surface area contributed by atoms with E-state index >= 15 is 0 Å². The Morgan fingerprint density at radius 3 is 2.50 bits per heavy atom. The van der Waals surface area contributed by atoms with Crippen LogP contribution in [0.3, 0.4) is 0 Å². The van der Waals surface area contributed by atoms with Crippen LogP contribution in [0.4, 0.5) is 0 Å². The van der Waals surface area contributed by atoms with E-state index in [1.54, 1.807) is 0 Å². The van der Waals surface area contributed by atoms with Gasteiger partial charge in [-0.15, -0.1) is 0 Å². The number of amides is 1. The summed E-state index contributed by atoms with van der Waals surface area (Å²) in [6, 6.07) is 0.421. The van der Waals surface area contributed by atoms with E-state index in [0.717, 1.165) is 38.6 Å². The molecular weight excluding hydrogens is 272 g/mol. The number of unbranched alkanes of at least 4 members (excludes halogenated alkanes) is 2. The van der Waals surface area contributed by atoms with Crippen LogP contribution in [0.1, 0.15) is 57.8 Å². The first-order chi connectivity index (χ1) is 9.72. The first-order valence-corrected chi connectivity index (χ1v) is 8.48. The monoisotopic (exact) mass is 300 g/mol. The lowest BCUT2D eigenvalue weighted by Crippen LogP contribution is -2.35. The van der Waals surface area contributed by atoms with Crippen LogP contribution in [0, 0.1) is 0 Å². The zero-order chi connectivity index (χ0) is 14.6. The molecule has 0 saturated heterocycles. The van der Waals surface area contributed by atoms with Crippen molar-refractivity contribution >= 4 is 24.3 Å². The van der Waals surface area contributed by atoms with Gasteiger partial charge in [0.25, 0.3) is 0 Å². The number of thiol groups is 1. The molecule has 1 saturated carbocycles. The predicted molar refractivity (Wildman–Crippen MR) is 85.2 cm³/mol. The Labute approximate surface area is 127 Å². The summed E-state index contributed by atoms with van der Waals surface area (Å²) in [7, 11) is 0.